The van der Waals surface area contributed by atoms with Crippen molar-refractivity contribution in [3.8, 4) is 0 Å². The number of nitrogens with one attached hydrogen (secondary N) is 2. The molecule has 2 aromatic rings. The standard InChI is InChI=1S/C19H23N3O5S/c1-4-27-19(24)21-20-18(23)16-9-7-15(8-10-16)13-22(3)28(25,26)17-11-5-14(2)6-12-17/h5-12H,4,13H2,1-3H3,(H,20,23)(H,21,24). The lowest BCUT2D eigenvalue weighted by molar-refractivity contribution is 0.0912. The van der Waals surface area contributed by atoms with Gasteiger partial charge < -0.3 is 4.74 Å². The van der Waals surface area contributed by atoms with E-state index in [1.54, 1.807) is 55.5 Å². The summed E-state index contributed by atoms with van der Waals surface area (Å²) in [4.78, 5) is 23.4. The quantitative estimate of drug-likeness (QED) is 0.717. The van der Waals surface area contributed by atoms with Gasteiger partial charge in [0.05, 0.1) is 11.5 Å². The number of nitrogens with zero attached hydrogens (tertiary/aromatic N) is 1. The molecule has 2 rings (SSSR count). The first kappa shape index (κ1) is 21.4. The smallest absolute Gasteiger partial charge is 0.426 e. The van der Waals surface area contributed by atoms with Gasteiger partial charge in [0.1, 0.15) is 0 Å². The van der Waals surface area contributed by atoms with Gasteiger partial charge in [-0.2, -0.15) is 4.31 Å². The van der Waals surface area contributed by atoms with Gasteiger partial charge in [0, 0.05) is 19.2 Å². The first-order valence-electron chi connectivity index (χ1n) is 8.59. The van der Waals surface area contributed by atoms with Crippen LogP contribution < -0.4 is 10.9 Å². The summed E-state index contributed by atoms with van der Waals surface area (Å²) in [6.45, 7) is 3.88. The number of benzene rings is 2. The molecule has 0 aliphatic heterocycles. The van der Waals surface area contributed by atoms with E-state index >= 15 is 0 Å². The van der Waals surface area contributed by atoms with Gasteiger partial charge >= 0.3 is 6.09 Å². The predicted octanol–water partition coefficient (Wildman–Crippen LogP) is 2.21. The van der Waals surface area contributed by atoms with Gasteiger partial charge in [0.15, 0.2) is 0 Å². The second-order valence-electron chi connectivity index (χ2n) is 6.07. The normalized spacial score (nSPS) is 11.1. The van der Waals surface area contributed by atoms with Crippen molar-refractivity contribution >= 4 is 22.0 Å². The van der Waals surface area contributed by atoms with Crippen molar-refractivity contribution in [2.45, 2.75) is 25.3 Å². The summed E-state index contributed by atoms with van der Waals surface area (Å²) in [5.41, 5.74) is 6.35. The summed E-state index contributed by atoms with van der Waals surface area (Å²) in [5.74, 6) is -0.514. The van der Waals surface area contributed by atoms with Crippen molar-refractivity contribution in [3.63, 3.8) is 0 Å². The van der Waals surface area contributed by atoms with Crippen molar-refractivity contribution in [2.75, 3.05) is 13.7 Å². The molecule has 2 N–H and O–H groups in total. The Hall–Kier alpha value is -2.91. The molecule has 150 valence electrons. The number of carbonyl (C=O) groups excluding carboxylic acids is 2. The van der Waals surface area contributed by atoms with Gasteiger partial charge in [-0.1, -0.05) is 29.8 Å². The van der Waals surface area contributed by atoms with Crippen LogP contribution in [0.5, 0.6) is 0 Å². The summed E-state index contributed by atoms with van der Waals surface area (Å²) in [7, 11) is -2.11. The lowest BCUT2D eigenvalue weighted by Crippen LogP contribution is -2.41. The summed E-state index contributed by atoms with van der Waals surface area (Å²) < 4.78 is 31.2. The number of hydrogen-bond acceptors (Lipinski definition) is 5. The molecule has 0 saturated heterocycles. The molecule has 0 fully saturated rings. The third-order valence-electron chi connectivity index (χ3n) is 3.90. The van der Waals surface area contributed by atoms with E-state index in [0.29, 0.717) is 11.1 Å². The Morgan fingerprint density at radius 2 is 1.61 bits per heavy atom. The zero-order chi connectivity index (χ0) is 20.7. The largest absolute Gasteiger partial charge is 0.449 e. The van der Waals surface area contributed by atoms with E-state index in [4.69, 9.17) is 0 Å². The van der Waals surface area contributed by atoms with Crippen LogP contribution in [-0.4, -0.2) is 38.4 Å². The minimum absolute atomic E-state index is 0.152. The Kier molecular flexibility index (Phi) is 7.13. The van der Waals surface area contributed by atoms with Gasteiger partial charge in [0.25, 0.3) is 5.91 Å². The van der Waals surface area contributed by atoms with Crippen LogP contribution in [0, 0.1) is 6.92 Å². The van der Waals surface area contributed by atoms with Gasteiger partial charge in [-0.05, 0) is 43.7 Å². The summed E-state index contributed by atoms with van der Waals surface area (Å²) >= 11 is 0. The van der Waals surface area contributed by atoms with E-state index in [1.165, 1.54) is 11.4 Å². The molecule has 0 unspecified atom stereocenters. The Morgan fingerprint density at radius 1 is 1.00 bits per heavy atom. The Morgan fingerprint density at radius 3 is 2.18 bits per heavy atom. The van der Waals surface area contributed by atoms with Crippen LogP contribution in [0.15, 0.2) is 53.4 Å². The zero-order valence-corrected chi connectivity index (χ0v) is 16.7. The predicted molar refractivity (Wildman–Crippen MR) is 104 cm³/mol. The van der Waals surface area contributed by atoms with Gasteiger partial charge in [-0.15, -0.1) is 0 Å². The molecule has 2 amide bonds. The van der Waals surface area contributed by atoms with Gasteiger partial charge in [-0.3, -0.25) is 10.2 Å². The monoisotopic (exact) mass is 405 g/mol. The van der Waals surface area contributed by atoms with Crippen LogP contribution >= 0.6 is 0 Å². The number of rotatable bonds is 6. The average Bonchev–Trinajstić information content (AvgIpc) is 2.67. The van der Waals surface area contributed by atoms with Crippen LogP contribution in [-0.2, 0) is 21.3 Å². The molecule has 0 atom stereocenters. The summed E-state index contributed by atoms with van der Waals surface area (Å²) in [6, 6.07) is 13.0. The van der Waals surface area contributed by atoms with Crippen molar-refractivity contribution in [1.82, 2.24) is 15.2 Å². The lowest BCUT2D eigenvalue weighted by atomic mass is 10.1. The fourth-order valence-corrected chi connectivity index (χ4v) is 3.50. The van der Waals surface area contributed by atoms with Gasteiger partial charge in [0.2, 0.25) is 10.0 Å². The lowest BCUT2D eigenvalue weighted by Gasteiger charge is -2.17. The zero-order valence-electron chi connectivity index (χ0n) is 15.9. The van der Waals surface area contributed by atoms with E-state index in [2.05, 4.69) is 15.6 Å². The first-order valence-corrected chi connectivity index (χ1v) is 10.0. The molecule has 0 aliphatic rings. The molecule has 0 bridgehead atoms. The molecule has 2 aromatic carbocycles. The number of aryl methyl sites for hydroxylation is 1. The third-order valence-corrected chi connectivity index (χ3v) is 5.72. The van der Waals surface area contributed by atoms with E-state index in [-0.39, 0.29) is 18.0 Å². The Bertz CT molecular complexity index is 925. The minimum atomic E-state index is -3.61. The third kappa shape index (κ3) is 5.54. The molecular formula is C19H23N3O5S. The number of carbonyl (C=O) groups is 2. The van der Waals surface area contributed by atoms with E-state index < -0.39 is 22.0 Å². The molecule has 0 aromatic heterocycles. The Balaban J connectivity index is 2.00. The molecule has 0 radical (unpaired) electrons. The average molecular weight is 405 g/mol. The fourth-order valence-electron chi connectivity index (χ4n) is 2.34. The van der Waals surface area contributed by atoms with Gasteiger partial charge in [-0.25, -0.2) is 18.6 Å². The van der Waals surface area contributed by atoms with E-state index in [9.17, 15) is 18.0 Å². The van der Waals surface area contributed by atoms with Crippen molar-refractivity contribution in [1.29, 1.82) is 0 Å². The second-order valence-corrected chi connectivity index (χ2v) is 8.12. The fraction of sp³-hybridized carbons (Fsp3) is 0.263. The van der Waals surface area contributed by atoms with Crippen molar-refractivity contribution < 1.29 is 22.7 Å². The number of sulfonamides is 1. The highest BCUT2D eigenvalue weighted by Crippen LogP contribution is 2.17. The topological polar surface area (TPSA) is 105 Å². The highest BCUT2D eigenvalue weighted by molar-refractivity contribution is 7.89. The number of amides is 2. The van der Waals surface area contributed by atoms with Crippen LogP contribution in [0.1, 0.15) is 28.4 Å². The molecule has 0 aliphatic carbocycles. The van der Waals surface area contributed by atoms with Crippen LogP contribution in [0.3, 0.4) is 0 Å². The SMILES string of the molecule is CCOC(=O)NNC(=O)c1ccc(CN(C)S(=O)(=O)c2ccc(C)cc2)cc1. The van der Waals surface area contributed by atoms with Crippen LogP contribution in [0.4, 0.5) is 4.79 Å². The van der Waals surface area contributed by atoms with Crippen molar-refractivity contribution in [2.24, 2.45) is 0 Å². The summed E-state index contributed by atoms with van der Waals surface area (Å²) in [6.07, 6.45) is -0.754. The molecule has 9 heteroatoms. The molecule has 0 heterocycles. The number of hydrogen-bond donors (Lipinski definition) is 2. The van der Waals surface area contributed by atoms with Crippen LogP contribution in [0.25, 0.3) is 0 Å². The second kappa shape index (κ2) is 9.34. The molecular weight excluding hydrogens is 382 g/mol. The first-order chi connectivity index (χ1) is 13.2. The minimum Gasteiger partial charge on any atom is -0.449 e. The highest BCUT2D eigenvalue weighted by Gasteiger charge is 2.20. The maximum Gasteiger partial charge on any atom is 0.426 e. The maximum absolute atomic E-state index is 12.6. The highest BCUT2D eigenvalue weighted by atomic mass is 32.2. The maximum atomic E-state index is 12.6. The molecule has 8 nitrogen and oxygen atoms in total. The molecule has 0 saturated carbocycles. The number of ether oxygens (including phenoxy) is 1. The molecule has 28 heavy (non-hydrogen) atoms. The van der Waals surface area contributed by atoms with Crippen molar-refractivity contribution in [3.05, 3.63) is 65.2 Å². The van der Waals surface area contributed by atoms with Crippen LogP contribution in [0.2, 0.25) is 0 Å². The van der Waals surface area contributed by atoms with E-state index in [0.717, 1.165) is 5.56 Å². The summed E-state index contributed by atoms with van der Waals surface area (Å²) in [5, 5.41) is 0. The Labute approximate surface area is 164 Å². The number of hydrazine groups is 1. The van der Waals surface area contributed by atoms with E-state index in [1.807, 2.05) is 6.92 Å². The molecule has 0 spiro atoms.